The van der Waals surface area contributed by atoms with E-state index in [1.807, 2.05) is 0 Å². The molecule has 1 aliphatic heterocycles. The third-order valence-electron chi connectivity index (χ3n) is 3.75. The summed E-state index contributed by atoms with van der Waals surface area (Å²) in [5.74, 6) is -2.06. The summed E-state index contributed by atoms with van der Waals surface area (Å²) in [6.07, 6.45) is 2.05. The summed E-state index contributed by atoms with van der Waals surface area (Å²) < 4.78 is 54.9. The van der Waals surface area contributed by atoms with Gasteiger partial charge in [-0.15, -0.1) is 0 Å². The zero-order chi connectivity index (χ0) is 17.5. The van der Waals surface area contributed by atoms with Gasteiger partial charge in [-0.25, -0.2) is 17.2 Å². The average Bonchev–Trinajstić information content (AvgIpc) is 2.84. The second-order valence-electron chi connectivity index (χ2n) is 5.60. The smallest absolute Gasteiger partial charge is 0.270 e. The van der Waals surface area contributed by atoms with Crippen LogP contribution in [0.2, 0.25) is 0 Å². The Balaban J connectivity index is 1.95. The summed E-state index contributed by atoms with van der Waals surface area (Å²) in [6.45, 7) is 1.10. The number of hydrogen-bond acceptors (Lipinski definition) is 3. The first-order valence-corrected chi connectivity index (χ1v) is 8.69. The van der Waals surface area contributed by atoms with Gasteiger partial charge in [-0.2, -0.15) is 0 Å². The number of aryl methyl sites for hydroxylation is 1. The van der Waals surface area contributed by atoms with Crippen LogP contribution in [0.3, 0.4) is 0 Å². The highest BCUT2D eigenvalue weighted by Crippen LogP contribution is 2.22. The number of nitrogens with zero attached hydrogens (tertiary/aromatic N) is 2. The summed E-state index contributed by atoms with van der Waals surface area (Å²) in [4.78, 5) is 13.6. The maximum atomic E-state index is 13.2. The molecule has 0 unspecified atom stereocenters. The van der Waals surface area contributed by atoms with Gasteiger partial charge < -0.3 is 9.47 Å². The van der Waals surface area contributed by atoms with Crippen molar-refractivity contribution in [2.75, 3.05) is 18.3 Å². The lowest BCUT2D eigenvalue weighted by Gasteiger charge is -2.12. The molecule has 0 aliphatic carbocycles. The number of rotatable bonds is 3. The number of carbonyl (C=O) groups excluding carboxylic acids is 1. The molecule has 2 heterocycles. The molecular formula is C15H15F2N3O3S. The molecule has 9 heteroatoms. The number of fused-ring (bicyclic) bond motifs is 1. The molecule has 1 aliphatic rings. The van der Waals surface area contributed by atoms with E-state index in [4.69, 9.17) is 0 Å². The van der Waals surface area contributed by atoms with Gasteiger partial charge in [-0.3, -0.25) is 9.52 Å². The van der Waals surface area contributed by atoms with Gasteiger partial charge in [0.15, 0.2) is 0 Å². The Hall–Kier alpha value is -2.42. The molecule has 1 aromatic heterocycles. The Morgan fingerprint density at radius 2 is 1.75 bits per heavy atom. The van der Waals surface area contributed by atoms with Crippen molar-refractivity contribution in [1.29, 1.82) is 0 Å². The lowest BCUT2D eigenvalue weighted by atomic mass is 10.3. The number of nitrogens with one attached hydrogen (secondary N) is 1. The quantitative estimate of drug-likeness (QED) is 0.916. The molecule has 1 N–H and O–H groups in total. The maximum absolute atomic E-state index is 13.2. The summed E-state index contributed by atoms with van der Waals surface area (Å²) in [5.41, 5.74) is 0.0399. The standard InChI is InChI=1S/C15H15F2N3O3S/c1-19-3-2-4-20-9-13(8-14(20)15(19)21)24(22,23)18-12-6-10(16)5-11(17)7-12/h5-9,18H,2-4H2,1H3. The van der Waals surface area contributed by atoms with E-state index in [2.05, 4.69) is 4.72 Å². The zero-order valence-electron chi connectivity index (χ0n) is 12.8. The van der Waals surface area contributed by atoms with Crippen LogP contribution in [-0.4, -0.2) is 37.4 Å². The van der Waals surface area contributed by atoms with E-state index in [-0.39, 0.29) is 22.2 Å². The molecule has 3 rings (SSSR count). The van der Waals surface area contributed by atoms with Crippen molar-refractivity contribution in [1.82, 2.24) is 9.47 Å². The molecule has 24 heavy (non-hydrogen) atoms. The predicted molar refractivity (Wildman–Crippen MR) is 83.2 cm³/mol. The first kappa shape index (κ1) is 16.4. The van der Waals surface area contributed by atoms with E-state index in [1.54, 1.807) is 11.6 Å². The average molecular weight is 355 g/mol. The Kier molecular flexibility index (Phi) is 4.04. The second-order valence-corrected chi connectivity index (χ2v) is 7.28. The Morgan fingerprint density at radius 3 is 2.42 bits per heavy atom. The van der Waals surface area contributed by atoms with Crippen LogP contribution in [-0.2, 0) is 16.6 Å². The predicted octanol–water partition coefficient (Wildman–Crippen LogP) is 2.04. The maximum Gasteiger partial charge on any atom is 0.270 e. The van der Waals surface area contributed by atoms with Gasteiger partial charge in [0.1, 0.15) is 22.2 Å². The van der Waals surface area contributed by atoms with Crippen LogP contribution in [0.15, 0.2) is 35.4 Å². The van der Waals surface area contributed by atoms with E-state index < -0.39 is 21.7 Å². The first-order chi connectivity index (χ1) is 11.3. The van der Waals surface area contributed by atoms with Crippen molar-refractivity contribution in [2.45, 2.75) is 17.9 Å². The minimum absolute atomic E-state index is 0.134. The highest BCUT2D eigenvalue weighted by Gasteiger charge is 2.25. The van der Waals surface area contributed by atoms with E-state index in [1.165, 1.54) is 17.2 Å². The number of sulfonamides is 1. The van der Waals surface area contributed by atoms with Gasteiger partial charge in [-0.05, 0) is 24.6 Å². The third kappa shape index (κ3) is 3.12. The summed E-state index contributed by atoms with van der Waals surface area (Å²) in [7, 11) is -2.42. The van der Waals surface area contributed by atoms with E-state index >= 15 is 0 Å². The van der Waals surface area contributed by atoms with Gasteiger partial charge in [0.05, 0.1) is 5.69 Å². The van der Waals surface area contributed by atoms with Gasteiger partial charge >= 0.3 is 0 Å². The van der Waals surface area contributed by atoms with Crippen LogP contribution in [0, 0.1) is 11.6 Å². The summed E-state index contributed by atoms with van der Waals surface area (Å²) in [5, 5.41) is 0. The van der Waals surface area contributed by atoms with Crippen molar-refractivity contribution < 1.29 is 22.0 Å². The minimum Gasteiger partial charge on any atom is -0.342 e. The molecule has 6 nitrogen and oxygen atoms in total. The second kappa shape index (κ2) is 5.90. The Morgan fingerprint density at radius 1 is 1.08 bits per heavy atom. The number of amides is 1. The van der Waals surface area contributed by atoms with Gasteiger partial charge in [0, 0.05) is 32.4 Å². The fraction of sp³-hybridized carbons (Fsp3) is 0.267. The molecule has 0 spiro atoms. The first-order valence-electron chi connectivity index (χ1n) is 7.21. The van der Waals surface area contributed by atoms with Crippen LogP contribution in [0.4, 0.5) is 14.5 Å². The number of aromatic nitrogens is 1. The van der Waals surface area contributed by atoms with Crippen molar-refractivity contribution in [2.24, 2.45) is 0 Å². The number of hydrogen-bond donors (Lipinski definition) is 1. The molecule has 0 saturated carbocycles. The molecule has 0 fully saturated rings. The van der Waals surface area contributed by atoms with Crippen LogP contribution >= 0.6 is 0 Å². The molecular weight excluding hydrogens is 340 g/mol. The van der Waals surface area contributed by atoms with E-state index in [0.29, 0.717) is 25.6 Å². The molecule has 128 valence electrons. The number of anilines is 1. The molecule has 0 radical (unpaired) electrons. The highest BCUT2D eigenvalue weighted by molar-refractivity contribution is 7.92. The lowest BCUT2D eigenvalue weighted by Crippen LogP contribution is -2.26. The lowest BCUT2D eigenvalue weighted by molar-refractivity contribution is 0.0796. The largest absolute Gasteiger partial charge is 0.342 e. The summed E-state index contributed by atoms with van der Waals surface area (Å²) in [6, 6.07) is 3.66. The van der Waals surface area contributed by atoms with Crippen LogP contribution in [0.5, 0.6) is 0 Å². The van der Waals surface area contributed by atoms with Crippen LogP contribution in [0.1, 0.15) is 16.9 Å². The van der Waals surface area contributed by atoms with Crippen LogP contribution in [0.25, 0.3) is 0 Å². The molecule has 0 atom stereocenters. The number of benzene rings is 1. The van der Waals surface area contributed by atoms with Gasteiger partial charge in [0.2, 0.25) is 0 Å². The number of halogens is 2. The molecule has 1 amide bonds. The highest BCUT2D eigenvalue weighted by atomic mass is 32.2. The zero-order valence-corrected chi connectivity index (χ0v) is 13.6. The fourth-order valence-electron chi connectivity index (χ4n) is 2.60. The van der Waals surface area contributed by atoms with Gasteiger partial charge in [-0.1, -0.05) is 0 Å². The third-order valence-corrected chi connectivity index (χ3v) is 5.10. The Bertz CT molecular complexity index is 888. The normalized spacial score (nSPS) is 15.1. The van der Waals surface area contributed by atoms with Crippen molar-refractivity contribution in [3.63, 3.8) is 0 Å². The SMILES string of the molecule is CN1CCCn2cc(S(=O)(=O)Nc3cc(F)cc(F)c3)cc2C1=O. The fourth-order valence-corrected chi connectivity index (χ4v) is 3.68. The topological polar surface area (TPSA) is 71.4 Å². The van der Waals surface area contributed by atoms with Crippen molar-refractivity contribution >= 4 is 21.6 Å². The van der Waals surface area contributed by atoms with Crippen molar-refractivity contribution in [3.05, 3.63) is 47.8 Å². The van der Waals surface area contributed by atoms with Crippen molar-refractivity contribution in [3.8, 4) is 0 Å². The molecule has 0 saturated heterocycles. The van der Waals surface area contributed by atoms with Crippen LogP contribution < -0.4 is 4.72 Å². The van der Waals surface area contributed by atoms with E-state index in [0.717, 1.165) is 12.1 Å². The molecule has 2 aromatic rings. The molecule has 1 aromatic carbocycles. The Labute approximate surface area is 137 Å². The summed E-state index contributed by atoms with van der Waals surface area (Å²) >= 11 is 0. The van der Waals surface area contributed by atoms with E-state index in [9.17, 15) is 22.0 Å². The van der Waals surface area contributed by atoms with Gasteiger partial charge in [0.25, 0.3) is 15.9 Å². The number of carbonyl (C=O) groups is 1. The molecule has 0 bridgehead atoms. The monoisotopic (exact) mass is 355 g/mol. The minimum atomic E-state index is -4.07.